The Hall–Kier alpha value is -2.66. The zero-order valence-corrected chi connectivity index (χ0v) is 16.4. The van der Waals surface area contributed by atoms with Gasteiger partial charge in [-0.3, -0.25) is 9.11 Å². The molecule has 3 rings (SSSR count). The Morgan fingerprint density at radius 1 is 0.893 bits per heavy atom. The summed E-state index contributed by atoms with van der Waals surface area (Å²) in [5, 5.41) is 10.5. The first-order chi connectivity index (χ1) is 12.9. The van der Waals surface area contributed by atoms with Crippen LogP contribution in [-0.2, 0) is 20.2 Å². The first-order valence-corrected chi connectivity index (χ1v) is 10.7. The fourth-order valence-corrected chi connectivity index (χ4v) is 4.18. The van der Waals surface area contributed by atoms with Gasteiger partial charge in [0.05, 0.1) is 4.90 Å². The van der Waals surface area contributed by atoms with Crippen LogP contribution in [-0.4, -0.2) is 45.1 Å². The van der Waals surface area contributed by atoms with Crippen LogP contribution in [0.1, 0.15) is 0 Å². The van der Waals surface area contributed by atoms with Gasteiger partial charge in [-0.05, 0) is 40.6 Å². The molecular weight excluding hydrogens is 406 g/mol. The van der Waals surface area contributed by atoms with Gasteiger partial charge in [0.1, 0.15) is 10.6 Å². The number of anilines is 1. The third-order valence-electron chi connectivity index (χ3n) is 4.18. The van der Waals surface area contributed by atoms with Crippen molar-refractivity contribution in [3.05, 3.63) is 48.5 Å². The van der Waals surface area contributed by atoms with Crippen LogP contribution in [0, 0.1) is 6.07 Å². The van der Waals surface area contributed by atoms with E-state index in [1.807, 2.05) is 19.0 Å². The van der Waals surface area contributed by atoms with Crippen molar-refractivity contribution in [3.63, 3.8) is 0 Å². The Morgan fingerprint density at radius 2 is 1.50 bits per heavy atom. The van der Waals surface area contributed by atoms with Gasteiger partial charge in [-0.1, -0.05) is 18.2 Å². The van der Waals surface area contributed by atoms with Crippen molar-refractivity contribution in [2.45, 2.75) is 9.79 Å². The Kier molecular flexibility index (Phi) is 4.84. The molecule has 0 aromatic heterocycles. The molecular formula is C18H16NO7S2. The predicted octanol–water partition coefficient (Wildman–Crippen LogP) is 2.57. The van der Waals surface area contributed by atoms with Crippen molar-refractivity contribution in [2.24, 2.45) is 0 Å². The second kappa shape index (κ2) is 6.74. The van der Waals surface area contributed by atoms with Crippen LogP contribution >= 0.6 is 0 Å². The van der Waals surface area contributed by atoms with Crippen LogP contribution in [0.4, 0.5) is 5.69 Å². The van der Waals surface area contributed by atoms with E-state index in [1.165, 1.54) is 6.07 Å². The van der Waals surface area contributed by atoms with Gasteiger partial charge in [0, 0.05) is 31.4 Å². The molecule has 1 radical (unpaired) electrons. The van der Waals surface area contributed by atoms with Gasteiger partial charge in [0.2, 0.25) is 0 Å². The van der Waals surface area contributed by atoms with Crippen LogP contribution in [0.3, 0.4) is 0 Å². The molecule has 0 heterocycles. The minimum Gasteiger partial charge on any atom is -0.506 e. The number of phenols is 1. The number of nitrogens with zero attached hydrogens (tertiary/aromatic N) is 1. The van der Waals surface area contributed by atoms with Crippen molar-refractivity contribution in [1.29, 1.82) is 0 Å². The summed E-state index contributed by atoms with van der Waals surface area (Å²) >= 11 is 0. The fraction of sp³-hybridized carbons (Fsp3) is 0.111. The Balaban J connectivity index is 2.43. The number of rotatable bonds is 4. The molecule has 0 aliphatic rings. The largest absolute Gasteiger partial charge is 0.506 e. The van der Waals surface area contributed by atoms with Gasteiger partial charge in [-0.2, -0.15) is 16.8 Å². The van der Waals surface area contributed by atoms with E-state index in [4.69, 9.17) is 0 Å². The summed E-state index contributed by atoms with van der Waals surface area (Å²) in [4.78, 5) is 0.654. The molecule has 0 amide bonds. The molecule has 0 aliphatic heterocycles. The fourth-order valence-electron chi connectivity index (χ4n) is 2.89. The van der Waals surface area contributed by atoms with Crippen molar-refractivity contribution in [3.8, 4) is 16.9 Å². The van der Waals surface area contributed by atoms with Crippen LogP contribution in [0.15, 0.2) is 52.3 Å². The van der Waals surface area contributed by atoms with E-state index in [-0.39, 0.29) is 16.3 Å². The maximum atomic E-state index is 11.9. The number of benzene rings is 3. The smallest absolute Gasteiger partial charge is 0.298 e. The van der Waals surface area contributed by atoms with E-state index in [1.54, 1.807) is 24.3 Å². The van der Waals surface area contributed by atoms with Crippen LogP contribution in [0.2, 0.25) is 0 Å². The number of hydrogen-bond donors (Lipinski definition) is 3. The molecule has 8 nitrogen and oxygen atoms in total. The molecule has 0 aliphatic carbocycles. The minimum atomic E-state index is -4.83. The Labute approximate surface area is 162 Å². The zero-order valence-electron chi connectivity index (χ0n) is 14.8. The predicted molar refractivity (Wildman–Crippen MR) is 104 cm³/mol. The molecule has 0 unspecified atom stereocenters. The lowest BCUT2D eigenvalue weighted by atomic mass is 9.97. The molecule has 0 bridgehead atoms. The molecule has 0 saturated heterocycles. The second-order valence-electron chi connectivity index (χ2n) is 6.28. The lowest BCUT2D eigenvalue weighted by Crippen LogP contribution is -2.08. The van der Waals surface area contributed by atoms with Gasteiger partial charge < -0.3 is 10.0 Å². The number of hydrogen-bond acceptors (Lipinski definition) is 6. The lowest BCUT2D eigenvalue weighted by molar-refractivity contribution is 0.444. The van der Waals surface area contributed by atoms with E-state index in [9.17, 15) is 31.0 Å². The van der Waals surface area contributed by atoms with Crippen LogP contribution in [0.5, 0.6) is 5.75 Å². The standard InChI is InChI=1S/C18H16NO7S2/c1-19(2)13-5-3-11(4-6-13)17-15-8-7-14(27(21,22)23)9-12(15)10-16(20)18(17)28(24,25)26/h3-9,20H,1-2H3,(H,21,22,23)(H,24,25,26). The molecule has 0 spiro atoms. The monoisotopic (exact) mass is 422 g/mol. The third kappa shape index (κ3) is 3.67. The molecule has 3 aromatic carbocycles. The maximum absolute atomic E-state index is 11.9. The molecule has 0 saturated carbocycles. The molecule has 3 N–H and O–H groups in total. The summed E-state index contributed by atoms with van der Waals surface area (Å²) in [6, 6.07) is 12.4. The topological polar surface area (TPSA) is 132 Å². The van der Waals surface area contributed by atoms with Gasteiger partial charge in [0.25, 0.3) is 20.2 Å². The molecule has 28 heavy (non-hydrogen) atoms. The van der Waals surface area contributed by atoms with E-state index < -0.39 is 35.8 Å². The van der Waals surface area contributed by atoms with E-state index in [2.05, 4.69) is 6.07 Å². The molecule has 0 atom stereocenters. The molecule has 10 heteroatoms. The summed E-state index contributed by atoms with van der Waals surface area (Å²) in [6.07, 6.45) is 0. The van der Waals surface area contributed by atoms with Gasteiger partial charge in [-0.15, -0.1) is 0 Å². The lowest BCUT2D eigenvalue weighted by Gasteiger charge is -2.16. The van der Waals surface area contributed by atoms with E-state index in [0.717, 1.165) is 17.8 Å². The second-order valence-corrected chi connectivity index (χ2v) is 9.06. The maximum Gasteiger partial charge on any atom is 0.298 e. The third-order valence-corrected chi connectivity index (χ3v) is 5.95. The molecule has 3 aromatic rings. The van der Waals surface area contributed by atoms with Crippen LogP contribution in [0.25, 0.3) is 21.9 Å². The van der Waals surface area contributed by atoms with Crippen LogP contribution < -0.4 is 4.90 Å². The number of phenolic OH excluding ortho intramolecular Hbond substituents is 1. The van der Waals surface area contributed by atoms with Gasteiger partial charge >= 0.3 is 0 Å². The highest BCUT2D eigenvalue weighted by molar-refractivity contribution is 7.86. The summed E-state index contributed by atoms with van der Waals surface area (Å²) in [5.41, 5.74) is 1.19. The first-order valence-electron chi connectivity index (χ1n) is 7.84. The minimum absolute atomic E-state index is 0.0130. The Bertz CT molecular complexity index is 1280. The Morgan fingerprint density at radius 3 is 2.00 bits per heavy atom. The summed E-state index contributed by atoms with van der Waals surface area (Å²) in [5.74, 6) is -0.867. The van der Waals surface area contributed by atoms with Gasteiger partial charge in [0.15, 0.2) is 0 Å². The first kappa shape index (κ1) is 20.1. The average Bonchev–Trinajstić information content (AvgIpc) is 2.58. The van der Waals surface area contributed by atoms with Crippen molar-refractivity contribution in [1.82, 2.24) is 0 Å². The van der Waals surface area contributed by atoms with Crippen molar-refractivity contribution < 1.29 is 31.0 Å². The quantitative estimate of drug-likeness (QED) is 0.547. The summed E-state index contributed by atoms with van der Waals surface area (Å²) < 4.78 is 65.5. The summed E-state index contributed by atoms with van der Waals surface area (Å²) in [7, 11) is -5.69. The van der Waals surface area contributed by atoms with Crippen molar-refractivity contribution >= 4 is 36.7 Å². The van der Waals surface area contributed by atoms with Gasteiger partial charge in [-0.25, -0.2) is 0 Å². The number of aromatic hydroxyl groups is 1. The zero-order chi connectivity index (χ0) is 20.9. The highest BCUT2D eigenvalue weighted by atomic mass is 32.2. The summed E-state index contributed by atoms with van der Waals surface area (Å²) in [6.45, 7) is 0. The molecule has 0 fully saturated rings. The highest BCUT2D eigenvalue weighted by Gasteiger charge is 2.25. The highest BCUT2D eigenvalue weighted by Crippen LogP contribution is 2.41. The van der Waals surface area contributed by atoms with E-state index in [0.29, 0.717) is 5.56 Å². The average molecular weight is 422 g/mol. The normalized spacial score (nSPS) is 12.3. The number of fused-ring (bicyclic) bond motifs is 1. The molecule has 147 valence electrons. The SMILES string of the molecule is CN(C)c1ccc(-c2c(S(=O)(=O)O)c(O)[c]c3cc(S(=O)(=O)O)ccc23)cc1. The van der Waals surface area contributed by atoms with E-state index >= 15 is 0 Å². The van der Waals surface area contributed by atoms with Crippen molar-refractivity contribution in [2.75, 3.05) is 19.0 Å².